The Morgan fingerprint density at radius 2 is 2.08 bits per heavy atom. The number of benzene rings is 1. The lowest BCUT2D eigenvalue weighted by molar-refractivity contribution is 0.112. The molecule has 0 bridgehead atoms. The number of nitrogens with zero attached hydrogens (tertiary/aromatic N) is 1. The van der Waals surface area contributed by atoms with Gasteiger partial charge in [-0.3, -0.25) is 4.79 Å². The summed E-state index contributed by atoms with van der Waals surface area (Å²) >= 11 is 0. The molecule has 13 heavy (non-hydrogen) atoms. The van der Waals surface area contributed by atoms with Gasteiger partial charge in [-0.05, 0) is 11.5 Å². The lowest BCUT2D eigenvalue weighted by Crippen LogP contribution is -1.95. The van der Waals surface area contributed by atoms with Crippen LogP contribution in [0.3, 0.4) is 0 Å². The van der Waals surface area contributed by atoms with Crippen molar-refractivity contribution in [2.45, 2.75) is 0 Å². The number of carbonyl (C=O) groups is 1. The molecule has 1 aromatic carbocycles. The standard InChI is InChI=1S/C10H8N2O/c11-10-5-7-3-1-2-4-8(7)9(6-13)12-10/h1-6H,(H2,11,12). The molecule has 0 aliphatic heterocycles. The van der Waals surface area contributed by atoms with Crippen LogP contribution in [-0.4, -0.2) is 11.3 Å². The smallest absolute Gasteiger partial charge is 0.169 e. The molecule has 1 heterocycles. The summed E-state index contributed by atoms with van der Waals surface area (Å²) in [7, 11) is 0. The summed E-state index contributed by atoms with van der Waals surface area (Å²) in [4.78, 5) is 14.6. The van der Waals surface area contributed by atoms with Crippen molar-refractivity contribution in [1.29, 1.82) is 0 Å². The Morgan fingerprint density at radius 1 is 1.31 bits per heavy atom. The summed E-state index contributed by atoms with van der Waals surface area (Å²) in [6.45, 7) is 0. The summed E-state index contributed by atoms with van der Waals surface area (Å²) in [5, 5.41) is 1.78. The van der Waals surface area contributed by atoms with Crippen molar-refractivity contribution in [3.8, 4) is 0 Å². The van der Waals surface area contributed by atoms with E-state index in [1.165, 1.54) is 0 Å². The number of nitrogen functional groups attached to an aromatic ring is 1. The summed E-state index contributed by atoms with van der Waals surface area (Å²) in [6.07, 6.45) is 0.721. The lowest BCUT2D eigenvalue weighted by Gasteiger charge is -2.00. The number of hydrogen-bond acceptors (Lipinski definition) is 3. The zero-order valence-electron chi connectivity index (χ0n) is 6.90. The van der Waals surface area contributed by atoms with Crippen molar-refractivity contribution in [1.82, 2.24) is 4.98 Å². The number of anilines is 1. The average Bonchev–Trinajstić information content (AvgIpc) is 2.16. The maximum absolute atomic E-state index is 10.7. The molecule has 0 atom stereocenters. The molecule has 0 fully saturated rings. The molecule has 0 saturated carbocycles. The van der Waals surface area contributed by atoms with E-state index in [-0.39, 0.29) is 0 Å². The molecule has 0 amide bonds. The van der Waals surface area contributed by atoms with E-state index in [0.29, 0.717) is 11.5 Å². The van der Waals surface area contributed by atoms with Gasteiger partial charge in [-0.1, -0.05) is 24.3 Å². The predicted octanol–water partition coefficient (Wildman–Crippen LogP) is 1.63. The first kappa shape index (κ1) is 7.73. The molecular weight excluding hydrogens is 164 g/mol. The molecule has 0 spiro atoms. The zero-order chi connectivity index (χ0) is 9.26. The van der Waals surface area contributed by atoms with Crippen molar-refractivity contribution in [2.24, 2.45) is 0 Å². The molecule has 0 aliphatic rings. The Labute approximate surface area is 75.2 Å². The van der Waals surface area contributed by atoms with E-state index in [2.05, 4.69) is 4.98 Å². The van der Waals surface area contributed by atoms with Crippen LogP contribution in [0.15, 0.2) is 30.3 Å². The average molecular weight is 172 g/mol. The summed E-state index contributed by atoms with van der Waals surface area (Å²) in [5.41, 5.74) is 5.93. The van der Waals surface area contributed by atoms with Crippen LogP contribution in [0.2, 0.25) is 0 Å². The molecule has 0 saturated heterocycles. The normalized spacial score (nSPS) is 10.2. The molecule has 64 valence electrons. The second-order valence-corrected chi connectivity index (χ2v) is 2.77. The predicted molar refractivity (Wildman–Crippen MR) is 51.5 cm³/mol. The quantitative estimate of drug-likeness (QED) is 0.665. The Balaban J connectivity index is 2.89. The van der Waals surface area contributed by atoms with Crippen LogP contribution in [0, 0.1) is 0 Å². The Hall–Kier alpha value is -1.90. The lowest BCUT2D eigenvalue weighted by atomic mass is 10.1. The van der Waals surface area contributed by atoms with Crippen molar-refractivity contribution in [3.05, 3.63) is 36.0 Å². The number of fused-ring (bicyclic) bond motifs is 1. The second-order valence-electron chi connectivity index (χ2n) is 2.77. The highest BCUT2D eigenvalue weighted by Crippen LogP contribution is 2.17. The van der Waals surface area contributed by atoms with E-state index in [4.69, 9.17) is 5.73 Å². The number of hydrogen-bond donors (Lipinski definition) is 1. The molecule has 0 unspecified atom stereocenters. The van der Waals surface area contributed by atoms with Gasteiger partial charge in [-0.15, -0.1) is 0 Å². The first-order valence-electron chi connectivity index (χ1n) is 3.91. The minimum absolute atomic E-state index is 0.376. The SMILES string of the molecule is Nc1cc2ccccc2c(C=O)n1. The molecule has 0 radical (unpaired) electrons. The summed E-state index contributed by atoms with van der Waals surface area (Å²) < 4.78 is 0. The van der Waals surface area contributed by atoms with E-state index < -0.39 is 0 Å². The fraction of sp³-hybridized carbons (Fsp3) is 0. The number of aromatic nitrogens is 1. The summed E-state index contributed by atoms with van der Waals surface area (Å²) in [5.74, 6) is 0.376. The molecule has 2 rings (SSSR count). The molecule has 3 heteroatoms. The van der Waals surface area contributed by atoms with E-state index in [0.717, 1.165) is 17.1 Å². The molecular formula is C10H8N2O. The van der Waals surface area contributed by atoms with Gasteiger partial charge in [0.05, 0.1) is 0 Å². The highest BCUT2D eigenvalue weighted by Gasteiger charge is 2.01. The van der Waals surface area contributed by atoms with Crippen LogP contribution in [-0.2, 0) is 0 Å². The minimum atomic E-state index is 0.376. The van der Waals surface area contributed by atoms with Crippen LogP contribution < -0.4 is 5.73 Å². The minimum Gasteiger partial charge on any atom is -0.384 e. The van der Waals surface area contributed by atoms with Gasteiger partial charge in [-0.25, -0.2) is 4.98 Å². The van der Waals surface area contributed by atoms with E-state index >= 15 is 0 Å². The monoisotopic (exact) mass is 172 g/mol. The topological polar surface area (TPSA) is 56.0 Å². The Kier molecular flexibility index (Phi) is 1.70. The maximum atomic E-state index is 10.7. The number of rotatable bonds is 1. The van der Waals surface area contributed by atoms with Crippen molar-refractivity contribution in [2.75, 3.05) is 5.73 Å². The van der Waals surface area contributed by atoms with Crippen molar-refractivity contribution < 1.29 is 4.79 Å². The maximum Gasteiger partial charge on any atom is 0.169 e. The molecule has 0 aliphatic carbocycles. The highest BCUT2D eigenvalue weighted by atomic mass is 16.1. The number of aldehydes is 1. The van der Waals surface area contributed by atoms with Crippen LogP contribution in [0.5, 0.6) is 0 Å². The fourth-order valence-corrected chi connectivity index (χ4v) is 1.34. The van der Waals surface area contributed by atoms with Gasteiger partial charge in [0.2, 0.25) is 0 Å². The number of carbonyl (C=O) groups excluding carboxylic acids is 1. The highest BCUT2D eigenvalue weighted by molar-refractivity contribution is 5.97. The van der Waals surface area contributed by atoms with Gasteiger partial charge < -0.3 is 5.73 Å². The van der Waals surface area contributed by atoms with Gasteiger partial charge in [0.1, 0.15) is 11.5 Å². The van der Waals surface area contributed by atoms with Gasteiger partial charge in [0, 0.05) is 5.39 Å². The third-order valence-corrected chi connectivity index (χ3v) is 1.90. The zero-order valence-corrected chi connectivity index (χ0v) is 6.90. The largest absolute Gasteiger partial charge is 0.384 e. The molecule has 3 nitrogen and oxygen atoms in total. The fourth-order valence-electron chi connectivity index (χ4n) is 1.34. The molecule has 2 aromatic rings. The van der Waals surface area contributed by atoms with Crippen molar-refractivity contribution in [3.63, 3.8) is 0 Å². The van der Waals surface area contributed by atoms with Crippen LogP contribution >= 0.6 is 0 Å². The third-order valence-electron chi connectivity index (χ3n) is 1.90. The third kappa shape index (κ3) is 1.24. The Morgan fingerprint density at radius 3 is 2.85 bits per heavy atom. The molecule has 2 N–H and O–H groups in total. The van der Waals surface area contributed by atoms with Crippen molar-refractivity contribution >= 4 is 22.9 Å². The van der Waals surface area contributed by atoms with E-state index in [1.54, 1.807) is 6.07 Å². The first-order chi connectivity index (χ1) is 6.31. The summed E-state index contributed by atoms with van der Waals surface area (Å²) in [6, 6.07) is 9.28. The number of pyridine rings is 1. The van der Waals surface area contributed by atoms with Crippen LogP contribution in [0.25, 0.3) is 10.8 Å². The van der Waals surface area contributed by atoms with Crippen LogP contribution in [0.4, 0.5) is 5.82 Å². The number of nitrogens with two attached hydrogens (primary N) is 1. The Bertz CT molecular complexity index is 465. The van der Waals surface area contributed by atoms with Gasteiger partial charge in [-0.2, -0.15) is 0 Å². The van der Waals surface area contributed by atoms with E-state index in [1.807, 2.05) is 24.3 Å². The van der Waals surface area contributed by atoms with E-state index in [9.17, 15) is 4.79 Å². The second kappa shape index (κ2) is 2.86. The molecule has 1 aromatic heterocycles. The van der Waals surface area contributed by atoms with Gasteiger partial charge >= 0.3 is 0 Å². The van der Waals surface area contributed by atoms with Crippen LogP contribution in [0.1, 0.15) is 10.5 Å². The van der Waals surface area contributed by atoms with Gasteiger partial charge in [0.15, 0.2) is 6.29 Å². The first-order valence-corrected chi connectivity index (χ1v) is 3.91. The van der Waals surface area contributed by atoms with Gasteiger partial charge in [0.25, 0.3) is 0 Å².